The number of carbonyl (C=O) groups excluding carboxylic acids is 1. The summed E-state index contributed by atoms with van der Waals surface area (Å²) in [5, 5.41) is 0. The molecule has 0 saturated carbocycles. The summed E-state index contributed by atoms with van der Waals surface area (Å²) in [6.07, 6.45) is 0.667. The van der Waals surface area contributed by atoms with Crippen LogP contribution in [0.25, 0.3) is 0 Å². The first-order valence-corrected chi connectivity index (χ1v) is 1.76. The summed E-state index contributed by atoms with van der Waals surface area (Å²) in [4.78, 5) is 9.81. The summed E-state index contributed by atoms with van der Waals surface area (Å²) in [6, 6.07) is 0. The predicted molar refractivity (Wildman–Crippen MR) is 23.1 cm³/mol. The van der Waals surface area contributed by atoms with Crippen molar-refractivity contribution in [2.75, 3.05) is 0 Å². The molecule has 0 aliphatic rings. The Hall–Kier alpha value is -0.370. The Kier molecular flexibility index (Phi) is 7.07. The van der Waals surface area contributed by atoms with Crippen LogP contribution in [0.4, 0.5) is 0 Å². The average Bonchev–Trinajstić information content (AvgIpc) is 1.38. The van der Waals surface area contributed by atoms with Gasteiger partial charge in [0.15, 0.2) is 0 Å². The first-order chi connectivity index (χ1) is 2.27. The summed E-state index contributed by atoms with van der Waals surface area (Å²) in [7, 11) is 0. The molecule has 0 amide bonds. The highest BCUT2D eigenvalue weighted by atomic mass is 16.1. The van der Waals surface area contributed by atoms with E-state index in [9.17, 15) is 4.79 Å². The molecule has 0 spiro atoms. The SMILES string of the molecule is CCC(C)=O.[N]. The highest BCUT2D eigenvalue weighted by Gasteiger charge is 1.76. The summed E-state index contributed by atoms with van der Waals surface area (Å²) in [6.45, 7) is 3.43. The quantitative estimate of drug-likeness (QED) is 0.458. The van der Waals surface area contributed by atoms with Gasteiger partial charge in [0, 0.05) is 12.6 Å². The van der Waals surface area contributed by atoms with Gasteiger partial charge in [-0.15, -0.1) is 0 Å². The third kappa shape index (κ3) is 9.45. The van der Waals surface area contributed by atoms with Crippen LogP contribution < -0.4 is 6.15 Å². The molecule has 0 aromatic heterocycles. The molecule has 0 N–H and O–H groups in total. The van der Waals surface area contributed by atoms with Crippen LogP contribution in [0.15, 0.2) is 0 Å². The Morgan fingerprint density at radius 3 is 1.83 bits per heavy atom. The summed E-state index contributed by atoms with van der Waals surface area (Å²) in [5.74, 6) is 0.255. The zero-order chi connectivity index (χ0) is 4.28. The van der Waals surface area contributed by atoms with E-state index >= 15 is 0 Å². The van der Waals surface area contributed by atoms with Gasteiger partial charge in [-0.25, -0.2) is 0 Å². The van der Waals surface area contributed by atoms with Gasteiger partial charge in [-0.1, -0.05) is 6.92 Å². The van der Waals surface area contributed by atoms with Gasteiger partial charge in [0.25, 0.3) is 0 Å². The third-order valence-electron chi connectivity index (χ3n) is 0.498. The van der Waals surface area contributed by atoms with Gasteiger partial charge in [-0.05, 0) is 6.92 Å². The second-order valence-electron chi connectivity index (χ2n) is 1.06. The molecule has 0 rings (SSSR count). The van der Waals surface area contributed by atoms with Crippen molar-refractivity contribution in [2.24, 2.45) is 0 Å². The number of Topliss-reactive ketones (excluding diaryl/α,β-unsaturated/α-hetero) is 1. The van der Waals surface area contributed by atoms with Gasteiger partial charge in [0.05, 0.1) is 0 Å². The van der Waals surface area contributed by atoms with E-state index in [2.05, 4.69) is 0 Å². The van der Waals surface area contributed by atoms with Crippen LogP contribution in [0.1, 0.15) is 20.3 Å². The van der Waals surface area contributed by atoms with E-state index < -0.39 is 0 Å². The fourth-order valence-electron chi connectivity index (χ4n) is 0. The maximum atomic E-state index is 9.81. The highest BCUT2D eigenvalue weighted by Crippen LogP contribution is 1.71. The normalized spacial score (nSPS) is 6.33. The maximum absolute atomic E-state index is 9.81. The van der Waals surface area contributed by atoms with E-state index in [0.29, 0.717) is 6.42 Å². The number of nitrogens with zero attached hydrogens (tertiary/aromatic N) is 1. The van der Waals surface area contributed by atoms with Crippen molar-refractivity contribution in [3.63, 3.8) is 0 Å². The van der Waals surface area contributed by atoms with Crippen LogP contribution in [0.3, 0.4) is 0 Å². The van der Waals surface area contributed by atoms with Gasteiger partial charge in [-0.2, -0.15) is 0 Å². The van der Waals surface area contributed by atoms with Crippen LogP contribution in [-0.4, -0.2) is 5.78 Å². The van der Waals surface area contributed by atoms with Crippen molar-refractivity contribution in [3.05, 3.63) is 0 Å². The number of hydrogen-bond donors (Lipinski definition) is 0. The van der Waals surface area contributed by atoms with E-state index in [0.717, 1.165) is 0 Å². The average molecular weight is 86.1 g/mol. The van der Waals surface area contributed by atoms with E-state index in [1.54, 1.807) is 6.92 Å². The van der Waals surface area contributed by atoms with Crippen molar-refractivity contribution in [2.45, 2.75) is 20.3 Å². The molecular weight excluding hydrogens is 78.0 g/mol. The molecule has 0 unspecified atom stereocenters. The molecular formula is C4H8NO. The van der Waals surface area contributed by atoms with Gasteiger partial charge < -0.3 is 4.79 Å². The molecule has 2 nitrogen and oxygen atoms in total. The Labute approximate surface area is 38.1 Å². The lowest BCUT2D eigenvalue weighted by molar-refractivity contribution is -0.116. The zero-order valence-corrected chi connectivity index (χ0v) is 4.06. The summed E-state index contributed by atoms with van der Waals surface area (Å²) in [5.41, 5.74) is 0. The van der Waals surface area contributed by atoms with Crippen LogP contribution in [0, 0.1) is 0 Å². The molecule has 0 heterocycles. The van der Waals surface area contributed by atoms with Crippen LogP contribution >= 0.6 is 0 Å². The van der Waals surface area contributed by atoms with Gasteiger partial charge in [0.2, 0.25) is 0 Å². The highest BCUT2D eigenvalue weighted by molar-refractivity contribution is 5.74. The fourth-order valence-corrected chi connectivity index (χ4v) is 0. The Morgan fingerprint density at radius 1 is 1.67 bits per heavy atom. The first kappa shape index (κ1) is 9.16. The van der Waals surface area contributed by atoms with Crippen molar-refractivity contribution in [1.29, 1.82) is 0 Å². The maximum Gasteiger partial charge on any atom is 0.129 e. The van der Waals surface area contributed by atoms with Gasteiger partial charge >= 0.3 is 0 Å². The minimum absolute atomic E-state index is 0. The van der Waals surface area contributed by atoms with Crippen molar-refractivity contribution >= 4 is 5.78 Å². The fraction of sp³-hybridized carbons (Fsp3) is 0.750. The largest absolute Gasteiger partial charge is 0.300 e. The van der Waals surface area contributed by atoms with Crippen LogP contribution in [0.2, 0.25) is 0 Å². The number of ketones is 1. The molecule has 0 fully saturated rings. The Morgan fingerprint density at radius 2 is 1.83 bits per heavy atom. The lowest BCUT2D eigenvalue weighted by Crippen LogP contribution is -1.80. The minimum Gasteiger partial charge on any atom is -0.300 e. The Balaban J connectivity index is 0. The predicted octanol–water partition coefficient (Wildman–Crippen LogP) is 0.505. The minimum atomic E-state index is 0. The van der Waals surface area contributed by atoms with Gasteiger partial charge in [0.1, 0.15) is 5.78 Å². The first-order valence-electron chi connectivity index (χ1n) is 1.76. The van der Waals surface area contributed by atoms with Crippen molar-refractivity contribution in [3.8, 4) is 0 Å². The molecule has 6 heavy (non-hydrogen) atoms. The molecule has 0 atom stereocenters. The van der Waals surface area contributed by atoms with Crippen molar-refractivity contribution < 1.29 is 4.79 Å². The molecule has 0 aliphatic heterocycles. The van der Waals surface area contributed by atoms with Crippen LogP contribution in [0.5, 0.6) is 0 Å². The zero-order valence-electron chi connectivity index (χ0n) is 4.06. The monoisotopic (exact) mass is 86.1 g/mol. The summed E-state index contributed by atoms with van der Waals surface area (Å²) < 4.78 is 0. The molecule has 2 heteroatoms. The number of hydrogen-bond acceptors (Lipinski definition) is 1. The van der Waals surface area contributed by atoms with E-state index in [1.165, 1.54) is 0 Å². The standard InChI is InChI=1S/C4H8O.N/c1-3-4(2)5;/h3H2,1-2H3;. The molecule has 0 aliphatic carbocycles. The second-order valence-corrected chi connectivity index (χ2v) is 1.06. The molecule has 3 radical (unpaired) electrons. The molecule has 0 bridgehead atoms. The lowest BCUT2D eigenvalue weighted by atomic mass is 10.4. The summed E-state index contributed by atoms with van der Waals surface area (Å²) >= 11 is 0. The van der Waals surface area contributed by atoms with E-state index in [-0.39, 0.29) is 11.9 Å². The Bertz CT molecular complexity index is 42.8. The number of rotatable bonds is 1. The smallest absolute Gasteiger partial charge is 0.129 e. The molecule has 0 aromatic rings. The molecule has 35 valence electrons. The lowest BCUT2D eigenvalue weighted by Gasteiger charge is -1.71. The van der Waals surface area contributed by atoms with Gasteiger partial charge in [-0.3, -0.25) is 0 Å². The molecule has 0 aromatic carbocycles. The van der Waals surface area contributed by atoms with Crippen molar-refractivity contribution in [1.82, 2.24) is 6.15 Å². The van der Waals surface area contributed by atoms with E-state index in [1.807, 2.05) is 6.92 Å². The molecule has 0 saturated heterocycles. The van der Waals surface area contributed by atoms with Crippen LogP contribution in [-0.2, 0) is 4.79 Å². The van der Waals surface area contributed by atoms with E-state index in [4.69, 9.17) is 0 Å². The topological polar surface area (TPSA) is 47.6 Å². The number of carbonyl (C=O) groups is 1. The third-order valence-corrected chi connectivity index (χ3v) is 0.498. The second kappa shape index (κ2) is 4.63.